The van der Waals surface area contributed by atoms with Crippen LogP contribution in [0.4, 0.5) is 10.1 Å². The summed E-state index contributed by atoms with van der Waals surface area (Å²) >= 11 is 0. The monoisotopic (exact) mass is 328 g/mol. The summed E-state index contributed by atoms with van der Waals surface area (Å²) < 4.78 is 13.0. The molecule has 3 rings (SSSR count). The van der Waals surface area contributed by atoms with Crippen LogP contribution in [0, 0.1) is 5.82 Å². The zero-order valence-corrected chi connectivity index (χ0v) is 13.0. The Morgan fingerprint density at radius 3 is 2.58 bits per heavy atom. The normalized spacial score (nSPS) is 14.0. The molecule has 1 saturated heterocycles. The van der Waals surface area contributed by atoms with E-state index >= 15 is 0 Å². The van der Waals surface area contributed by atoms with Crippen LogP contribution >= 0.6 is 0 Å². The maximum Gasteiger partial charge on any atom is 0.259 e. The van der Waals surface area contributed by atoms with E-state index in [1.807, 2.05) is 17.0 Å². The highest BCUT2D eigenvalue weighted by Gasteiger charge is 2.20. The van der Waals surface area contributed by atoms with E-state index in [-0.39, 0.29) is 11.5 Å². The van der Waals surface area contributed by atoms with Crippen molar-refractivity contribution in [1.82, 2.24) is 4.90 Å². The molecule has 0 saturated carbocycles. The molecule has 0 unspecified atom stereocenters. The van der Waals surface area contributed by atoms with Gasteiger partial charge >= 0.3 is 0 Å². The second-order valence-electron chi connectivity index (χ2n) is 5.73. The number of carbonyl (C=O) groups is 2. The minimum atomic E-state index is -0.607. The highest BCUT2D eigenvalue weighted by molar-refractivity contribution is 6.06. The molecule has 6 heteroatoms. The Morgan fingerprint density at radius 1 is 1.21 bits per heavy atom. The summed E-state index contributed by atoms with van der Waals surface area (Å²) in [5, 5.41) is 12.3. The SMILES string of the molecule is O=C(Nc1ccc(CN2CCCC2=O)cc1)c1ccc(F)cc1O. The van der Waals surface area contributed by atoms with E-state index in [0.29, 0.717) is 18.7 Å². The van der Waals surface area contributed by atoms with Gasteiger partial charge in [-0.3, -0.25) is 9.59 Å². The predicted octanol–water partition coefficient (Wildman–Crippen LogP) is 2.91. The van der Waals surface area contributed by atoms with Crippen molar-refractivity contribution in [1.29, 1.82) is 0 Å². The smallest absolute Gasteiger partial charge is 0.259 e. The lowest BCUT2D eigenvalue weighted by Crippen LogP contribution is -2.23. The minimum Gasteiger partial charge on any atom is -0.507 e. The Balaban J connectivity index is 1.65. The van der Waals surface area contributed by atoms with E-state index in [1.165, 1.54) is 6.07 Å². The number of amides is 2. The summed E-state index contributed by atoms with van der Waals surface area (Å²) in [4.78, 5) is 25.5. The van der Waals surface area contributed by atoms with E-state index in [9.17, 15) is 19.1 Å². The molecule has 1 aliphatic rings. The Bertz CT molecular complexity index is 774. The number of anilines is 1. The summed E-state index contributed by atoms with van der Waals surface area (Å²) in [6.45, 7) is 1.34. The molecule has 1 heterocycles. The number of phenolic OH excluding ortho intramolecular Hbond substituents is 1. The van der Waals surface area contributed by atoms with Gasteiger partial charge in [0.2, 0.25) is 5.91 Å². The number of carbonyl (C=O) groups excluding carboxylic acids is 2. The third kappa shape index (κ3) is 3.53. The van der Waals surface area contributed by atoms with Crippen molar-refractivity contribution >= 4 is 17.5 Å². The van der Waals surface area contributed by atoms with Crippen LogP contribution in [0.15, 0.2) is 42.5 Å². The van der Waals surface area contributed by atoms with Crippen molar-refractivity contribution in [2.24, 2.45) is 0 Å². The average molecular weight is 328 g/mol. The lowest BCUT2D eigenvalue weighted by Gasteiger charge is -2.15. The Labute approximate surface area is 138 Å². The number of hydrogen-bond acceptors (Lipinski definition) is 3. The third-order valence-corrected chi connectivity index (χ3v) is 3.96. The largest absolute Gasteiger partial charge is 0.507 e. The molecule has 24 heavy (non-hydrogen) atoms. The molecule has 124 valence electrons. The Kier molecular flexibility index (Phi) is 4.46. The summed E-state index contributed by atoms with van der Waals surface area (Å²) in [6, 6.07) is 10.4. The summed E-state index contributed by atoms with van der Waals surface area (Å²) in [5.41, 5.74) is 1.54. The minimum absolute atomic E-state index is 0.00291. The van der Waals surface area contributed by atoms with Crippen molar-refractivity contribution in [2.75, 3.05) is 11.9 Å². The van der Waals surface area contributed by atoms with Crippen LogP contribution < -0.4 is 5.32 Å². The van der Waals surface area contributed by atoms with Gasteiger partial charge in [0.1, 0.15) is 11.6 Å². The molecule has 1 fully saturated rings. The van der Waals surface area contributed by atoms with Gasteiger partial charge in [-0.25, -0.2) is 4.39 Å². The zero-order chi connectivity index (χ0) is 17.1. The lowest BCUT2D eigenvalue weighted by molar-refractivity contribution is -0.128. The van der Waals surface area contributed by atoms with Gasteiger partial charge in [0.25, 0.3) is 5.91 Å². The number of phenols is 1. The number of nitrogens with one attached hydrogen (secondary N) is 1. The molecule has 5 nitrogen and oxygen atoms in total. The van der Waals surface area contributed by atoms with Crippen molar-refractivity contribution in [3.63, 3.8) is 0 Å². The maximum absolute atomic E-state index is 13.0. The fraction of sp³-hybridized carbons (Fsp3) is 0.222. The van der Waals surface area contributed by atoms with Crippen molar-refractivity contribution in [3.8, 4) is 5.75 Å². The van der Waals surface area contributed by atoms with Crippen LogP contribution in [0.25, 0.3) is 0 Å². The van der Waals surface area contributed by atoms with Crippen LogP contribution in [0.5, 0.6) is 5.75 Å². The fourth-order valence-corrected chi connectivity index (χ4v) is 2.68. The second-order valence-corrected chi connectivity index (χ2v) is 5.73. The van der Waals surface area contributed by atoms with Gasteiger partial charge in [-0.05, 0) is 36.2 Å². The molecule has 1 aliphatic heterocycles. The van der Waals surface area contributed by atoms with Gasteiger partial charge in [-0.15, -0.1) is 0 Å². The van der Waals surface area contributed by atoms with Crippen LogP contribution in [0.1, 0.15) is 28.8 Å². The highest BCUT2D eigenvalue weighted by atomic mass is 19.1. The lowest BCUT2D eigenvalue weighted by atomic mass is 10.1. The van der Waals surface area contributed by atoms with Crippen molar-refractivity contribution in [3.05, 3.63) is 59.4 Å². The summed E-state index contributed by atoms with van der Waals surface area (Å²) in [6.07, 6.45) is 1.50. The molecule has 0 aliphatic carbocycles. The third-order valence-electron chi connectivity index (χ3n) is 3.96. The Hall–Kier alpha value is -2.89. The first kappa shape index (κ1) is 16.0. The predicted molar refractivity (Wildman–Crippen MR) is 87.1 cm³/mol. The van der Waals surface area contributed by atoms with Gasteiger partial charge < -0.3 is 15.3 Å². The first-order valence-electron chi connectivity index (χ1n) is 7.69. The number of rotatable bonds is 4. The number of likely N-dealkylation sites (tertiary alicyclic amines) is 1. The first-order chi connectivity index (χ1) is 11.5. The molecule has 0 spiro atoms. The van der Waals surface area contributed by atoms with E-state index < -0.39 is 17.5 Å². The van der Waals surface area contributed by atoms with E-state index in [0.717, 1.165) is 30.7 Å². The van der Waals surface area contributed by atoms with Gasteiger partial charge in [0.15, 0.2) is 0 Å². The topological polar surface area (TPSA) is 69.6 Å². The van der Waals surface area contributed by atoms with Crippen LogP contribution in [-0.4, -0.2) is 28.4 Å². The molecule has 0 atom stereocenters. The number of benzene rings is 2. The van der Waals surface area contributed by atoms with Crippen LogP contribution in [0.3, 0.4) is 0 Å². The van der Waals surface area contributed by atoms with Gasteiger partial charge in [0.05, 0.1) is 5.56 Å². The van der Waals surface area contributed by atoms with E-state index in [4.69, 9.17) is 0 Å². The van der Waals surface area contributed by atoms with Crippen molar-refractivity contribution in [2.45, 2.75) is 19.4 Å². The molecular weight excluding hydrogens is 311 g/mol. The number of nitrogens with zero attached hydrogens (tertiary/aromatic N) is 1. The van der Waals surface area contributed by atoms with Gasteiger partial charge in [0, 0.05) is 31.3 Å². The summed E-state index contributed by atoms with van der Waals surface area (Å²) in [5.74, 6) is -1.37. The summed E-state index contributed by atoms with van der Waals surface area (Å²) in [7, 11) is 0. The molecule has 0 aromatic heterocycles. The maximum atomic E-state index is 13.0. The van der Waals surface area contributed by atoms with Crippen LogP contribution in [0.2, 0.25) is 0 Å². The van der Waals surface area contributed by atoms with E-state index in [1.54, 1.807) is 12.1 Å². The fourth-order valence-electron chi connectivity index (χ4n) is 2.68. The molecule has 2 aromatic rings. The number of halogens is 1. The molecule has 2 N–H and O–H groups in total. The van der Waals surface area contributed by atoms with Gasteiger partial charge in [-0.2, -0.15) is 0 Å². The zero-order valence-electron chi connectivity index (χ0n) is 13.0. The number of aromatic hydroxyl groups is 1. The molecule has 0 radical (unpaired) electrons. The quantitative estimate of drug-likeness (QED) is 0.907. The van der Waals surface area contributed by atoms with Crippen LogP contribution in [-0.2, 0) is 11.3 Å². The van der Waals surface area contributed by atoms with Crippen molar-refractivity contribution < 1.29 is 19.1 Å². The van der Waals surface area contributed by atoms with E-state index in [2.05, 4.69) is 5.32 Å². The highest BCUT2D eigenvalue weighted by Crippen LogP contribution is 2.20. The molecular formula is C18H17FN2O3. The molecule has 2 aromatic carbocycles. The second kappa shape index (κ2) is 6.70. The average Bonchev–Trinajstić information content (AvgIpc) is 2.94. The first-order valence-corrected chi connectivity index (χ1v) is 7.69. The standard InChI is InChI=1S/C18H17FN2O3/c19-13-5-8-15(16(22)10-13)18(24)20-14-6-3-12(4-7-14)11-21-9-1-2-17(21)23/h3-8,10,22H,1-2,9,11H2,(H,20,24). The van der Waals surface area contributed by atoms with Gasteiger partial charge in [-0.1, -0.05) is 12.1 Å². The Morgan fingerprint density at radius 2 is 1.96 bits per heavy atom. The number of hydrogen-bond donors (Lipinski definition) is 2. The molecule has 0 bridgehead atoms. The molecule has 2 amide bonds.